The Labute approximate surface area is 179 Å². The van der Waals surface area contributed by atoms with Crippen molar-refractivity contribution in [3.63, 3.8) is 0 Å². The molecule has 1 fully saturated rings. The standard InChI is InChI=1S/C22H34N6S/c1-5-27-10-12-28(13-11-27)21-15-19(8-9-24-21)16-25-22(23-4)26-17(2)14-20-7-6-18(3)29-20/h6-9,15,17H,5,10-14,16H2,1-4H3,(H2,23,25,26). The van der Waals surface area contributed by atoms with Crippen molar-refractivity contribution in [1.29, 1.82) is 0 Å². The van der Waals surface area contributed by atoms with Crippen LogP contribution in [0.15, 0.2) is 35.5 Å². The molecular formula is C22H34N6S. The quantitative estimate of drug-likeness (QED) is 0.539. The molecule has 3 rings (SSSR count). The van der Waals surface area contributed by atoms with Gasteiger partial charge < -0.3 is 20.4 Å². The fourth-order valence-corrected chi connectivity index (χ4v) is 4.62. The van der Waals surface area contributed by atoms with E-state index in [1.54, 1.807) is 0 Å². The number of hydrogen-bond acceptors (Lipinski definition) is 5. The molecule has 0 aliphatic carbocycles. The van der Waals surface area contributed by atoms with Crippen molar-refractivity contribution in [2.24, 2.45) is 4.99 Å². The summed E-state index contributed by atoms with van der Waals surface area (Å²) in [6.07, 6.45) is 2.92. The fraction of sp³-hybridized carbons (Fsp3) is 0.545. The van der Waals surface area contributed by atoms with E-state index in [0.717, 1.165) is 57.5 Å². The highest BCUT2D eigenvalue weighted by atomic mass is 32.1. The molecule has 2 aromatic rings. The van der Waals surface area contributed by atoms with Gasteiger partial charge >= 0.3 is 0 Å². The van der Waals surface area contributed by atoms with Gasteiger partial charge in [0.1, 0.15) is 5.82 Å². The first-order valence-electron chi connectivity index (χ1n) is 10.5. The summed E-state index contributed by atoms with van der Waals surface area (Å²) >= 11 is 1.86. The number of likely N-dealkylation sites (N-methyl/N-ethyl adjacent to an activating group) is 1. The van der Waals surface area contributed by atoms with Crippen LogP contribution in [0.1, 0.15) is 29.2 Å². The van der Waals surface area contributed by atoms with Crippen LogP contribution in [-0.2, 0) is 13.0 Å². The highest BCUT2D eigenvalue weighted by Crippen LogP contribution is 2.17. The normalized spacial score (nSPS) is 16.7. The van der Waals surface area contributed by atoms with Gasteiger partial charge in [-0.3, -0.25) is 4.99 Å². The zero-order valence-electron chi connectivity index (χ0n) is 18.1. The minimum Gasteiger partial charge on any atom is -0.354 e. The molecule has 0 radical (unpaired) electrons. The summed E-state index contributed by atoms with van der Waals surface area (Å²) < 4.78 is 0. The summed E-state index contributed by atoms with van der Waals surface area (Å²) in [4.78, 5) is 16.6. The summed E-state index contributed by atoms with van der Waals surface area (Å²) in [6, 6.07) is 8.99. The molecule has 1 aliphatic rings. The first-order valence-corrected chi connectivity index (χ1v) is 11.3. The highest BCUT2D eigenvalue weighted by molar-refractivity contribution is 7.11. The number of thiophene rings is 1. The number of guanidine groups is 1. The zero-order chi connectivity index (χ0) is 20.6. The van der Waals surface area contributed by atoms with Gasteiger partial charge in [0.2, 0.25) is 0 Å². The summed E-state index contributed by atoms with van der Waals surface area (Å²) in [5.74, 6) is 1.91. The van der Waals surface area contributed by atoms with E-state index in [9.17, 15) is 0 Å². The van der Waals surface area contributed by atoms with Gasteiger partial charge in [-0.05, 0) is 50.2 Å². The number of aromatic nitrogens is 1. The van der Waals surface area contributed by atoms with Crippen LogP contribution in [0.4, 0.5) is 5.82 Å². The lowest BCUT2D eigenvalue weighted by molar-refractivity contribution is 0.270. The lowest BCUT2D eigenvalue weighted by Crippen LogP contribution is -2.46. The zero-order valence-corrected chi connectivity index (χ0v) is 18.9. The number of hydrogen-bond donors (Lipinski definition) is 2. The first-order chi connectivity index (χ1) is 14.1. The monoisotopic (exact) mass is 414 g/mol. The number of pyridine rings is 1. The van der Waals surface area contributed by atoms with Crippen LogP contribution in [0.3, 0.4) is 0 Å². The van der Waals surface area contributed by atoms with Crippen molar-refractivity contribution < 1.29 is 0 Å². The van der Waals surface area contributed by atoms with E-state index in [2.05, 4.69) is 75.4 Å². The molecule has 2 N–H and O–H groups in total. The van der Waals surface area contributed by atoms with Gasteiger partial charge in [0.05, 0.1) is 0 Å². The highest BCUT2D eigenvalue weighted by Gasteiger charge is 2.17. The number of nitrogens with zero attached hydrogens (tertiary/aromatic N) is 4. The van der Waals surface area contributed by atoms with E-state index < -0.39 is 0 Å². The van der Waals surface area contributed by atoms with E-state index in [1.807, 2.05) is 24.6 Å². The third-order valence-corrected chi connectivity index (χ3v) is 6.35. The fourth-order valence-electron chi connectivity index (χ4n) is 3.60. The maximum atomic E-state index is 4.59. The molecule has 2 aromatic heterocycles. The molecule has 0 spiro atoms. The largest absolute Gasteiger partial charge is 0.354 e. The second-order valence-corrected chi connectivity index (χ2v) is 9.00. The van der Waals surface area contributed by atoms with Gasteiger partial charge in [-0.25, -0.2) is 4.98 Å². The number of aliphatic imine (C=N–C) groups is 1. The summed E-state index contributed by atoms with van der Waals surface area (Å²) in [5.41, 5.74) is 1.22. The second-order valence-electron chi connectivity index (χ2n) is 7.63. The molecule has 1 unspecified atom stereocenters. The number of rotatable bonds is 7. The van der Waals surface area contributed by atoms with E-state index in [0.29, 0.717) is 6.04 Å². The summed E-state index contributed by atoms with van der Waals surface area (Å²) in [7, 11) is 1.82. The van der Waals surface area contributed by atoms with Crippen molar-refractivity contribution >= 4 is 23.1 Å². The van der Waals surface area contributed by atoms with Crippen molar-refractivity contribution in [3.05, 3.63) is 45.8 Å². The minimum absolute atomic E-state index is 0.321. The van der Waals surface area contributed by atoms with Gasteiger partial charge in [-0.1, -0.05) is 6.92 Å². The van der Waals surface area contributed by atoms with E-state index in [4.69, 9.17) is 0 Å². The van der Waals surface area contributed by atoms with Gasteiger partial charge in [-0.2, -0.15) is 0 Å². The molecule has 0 bridgehead atoms. The molecule has 3 heterocycles. The molecule has 6 nitrogen and oxygen atoms in total. The SMILES string of the molecule is CCN1CCN(c2cc(CNC(=NC)NC(C)Cc3ccc(C)s3)ccn2)CC1. The molecule has 1 atom stereocenters. The molecular weight excluding hydrogens is 380 g/mol. The number of anilines is 1. The molecule has 1 saturated heterocycles. The Balaban J connectivity index is 1.50. The van der Waals surface area contributed by atoms with Gasteiger partial charge in [-0.15, -0.1) is 11.3 Å². The summed E-state index contributed by atoms with van der Waals surface area (Å²) in [6.45, 7) is 12.7. The Morgan fingerprint density at radius 2 is 2.03 bits per heavy atom. The topological polar surface area (TPSA) is 55.8 Å². The van der Waals surface area contributed by atoms with Crippen LogP contribution in [0.2, 0.25) is 0 Å². The predicted octanol–water partition coefficient (Wildman–Crippen LogP) is 2.89. The van der Waals surface area contributed by atoms with E-state index in [-0.39, 0.29) is 0 Å². The van der Waals surface area contributed by atoms with Crippen molar-refractivity contribution in [3.8, 4) is 0 Å². The maximum absolute atomic E-state index is 4.59. The third-order valence-electron chi connectivity index (χ3n) is 5.32. The average Bonchev–Trinajstić information content (AvgIpc) is 3.15. The smallest absolute Gasteiger partial charge is 0.191 e. The van der Waals surface area contributed by atoms with E-state index >= 15 is 0 Å². The van der Waals surface area contributed by atoms with Crippen LogP contribution in [0.25, 0.3) is 0 Å². The lowest BCUT2D eigenvalue weighted by Gasteiger charge is -2.34. The molecule has 0 aromatic carbocycles. The maximum Gasteiger partial charge on any atom is 0.191 e. The van der Waals surface area contributed by atoms with Crippen LogP contribution < -0.4 is 15.5 Å². The molecule has 7 heteroatoms. The van der Waals surface area contributed by atoms with Gasteiger partial charge in [0, 0.05) is 68.2 Å². The van der Waals surface area contributed by atoms with Crippen LogP contribution in [0, 0.1) is 6.92 Å². The Morgan fingerprint density at radius 3 is 2.69 bits per heavy atom. The second kappa shape index (κ2) is 10.6. The van der Waals surface area contributed by atoms with Crippen LogP contribution in [-0.4, -0.2) is 61.7 Å². The molecule has 158 valence electrons. The Kier molecular flexibility index (Phi) is 7.89. The summed E-state index contributed by atoms with van der Waals surface area (Å²) in [5, 5.41) is 6.94. The van der Waals surface area contributed by atoms with Crippen molar-refractivity contribution in [2.45, 2.75) is 39.8 Å². The number of piperazine rings is 1. The predicted molar refractivity (Wildman–Crippen MR) is 124 cm³/mol. The Morgan fingerprint density at radius 1 is 1.24 bits per heavy atom. The number of aryl methyl sites for hydroxylation is 1. The van der Waals surface area contributed by atoms with Crippen LogP contribution in [0.5, 0.6) is 0 Å². The lowest BCUT2D eigenvalue weighted by atomic mass is 10.2. The third kappa shape index (κ3) is 6.44. The first kappa shape index (κ1) is 21.6. The molecule has 1 aliphatic heterocycles. The Bertz CT molecular complexity index is 794. The van der Waals surface area contributed by atoms with E-state index in [1.165, 1.54) is 15.3 Å². The molecule has 0 amide bonds. The molecule has 0 saturated carbocycles. The average molecular weight is 415 g/mol. The van der Waals surface area contributed by atoms with Crippen LogP contribution >= 0.6 is 11.3 Å². The van der Waals surface area contributed by atoms with Gasteiger partial charge in [0.25, 0.3) is 0 Å². The Hall–Kier alpha value is -2.12. The van der Waals surface area contributed by atoms with Gasteiger partial charge in [0.15, 0.2) is 5.96 Å². The minimum atomic E-state index is 0.321. The van der Waals surface area contributed by atoms with Crippen molar-refractivity contribution in [1.82, 2.24) is 20.5 Å². The number of nitrogens with one attached hydrogen (secondary N) is 2. The van der Waals surface area contributed by atoms with Crippen molar-refractivity contribution in [2.75, 3.05) is 44.7 Å². The molecule has 29 heavy (non-hydrogen) atoms.